The van der Waals surface area contributed by atoms with E-state index in [0.29, 0.717) is 12.2 Å². The molecule has 2 rings (SSSR count). The van der Waals surface area contributed by atoms with Crippen molar-refractivity contribution in [2.75, 3.05) is 12.4 Å². The third-order valence-electron chi connectivity index (χ3n) is 2.49. The van der Waals surface area contributed by atoms with Gasteiger partial charge in [-0.3, -0.25) is 0 Å². The van der Waals surface area contributed by atoms with Gasteiger partial charge in [-0.05, 0) is 19.1 Å². The van der Waals surface area contributed by atoms with Crippen molar-refractivity contribution in [2.45, 2.75) is 20.1 Å². The van der Waals surface area contributed by atoms with Crippen LogP contribution in [0.1, 0.15) is 10.7 Å². The van der Waals surface area contributed by atoms with Crippen LogP contribution < -0.4 is 14.8 Å². The van der Waals surface area contributed by atoms with Gasteiger partial charge in [0.05, 0.1) is 13.7 Å². The second kappa shape index (κ2) is 6.51. The first-order valence-electron chi connectivity index (χ1n) is 5.86. The fraction of sp³-hybridized carbons (Fsp3) is 0.308. The van der Waals surface area contributed by atoms with Gasteiger partial charge in [-0.2, -0.15) is 8.78 Å². The Morgan fingerprint density at radius 3 is 2.75 bits per heavy atom. The maximum Gasteiger partial charge on any atom is 0.387 e. The molecule has 20 heavy (non-hydrogen) atoms. The molecule has 0 saturated heterocycles. The predicted octanol–water partition coefficient (Wildman–Crippen LogP) is 3.67. The lowest BCUT2D eigenvalue weighted by Gasteiger charge is -2.12. The van der Waals surface area contributed by atoms with E-state index < -0.39 is 6.61 Å². The lowest BCUT2D eigenvalue weighted by molar-refractivity contribution is -0.0511. The monoisotopic (exact) mass is 300 g/mol. The van der Waals surface area contributed by atoms with Crippen molar-refractivity contribution in [1.82, 2.24) is 4.98 Å². The number of aromatic nitrogens is 1. The van der Waals surface area contributed by atoms with Crippen LogP contribution in [0.5, 0.6) is 11.5 Å². The molecule has 0 spiro atoms. The summed E-state index contributed by atoms with van der Waals surface area (Å²) in [6.07, 6.45) is 0. The van der Waals surface area contributed by atoms with Crippen molar-refractivity contribution in [1.29, 1.82) is 0 Å². The topological polar surface area (TPSA) is 43.4 Å². The maximum absolute atomic E-state index is 12.3. The molecule has 0 atom stereocenters. The first-order valence-corrected chi connectivity index (χ1v) is 6.74. The third-order valence-corrected chi connectivity index (χ3v) is 3.46. The highest BCUT2D eigenvalue weighted by molar-refractivity contribution is 7.09. The molecule has 0 aliphatic heterocycles. The highest BCUT2D eigenvalue weighted by atomic mass is 32.1. The van der Waals surface area contributed by atoms with Crippen molar-refractivity contribution >= 4 is 17.0 Å². The number of ether oxygens (including phenoxy) is 2. The zero-order valence-corrected chi connectivity index (χ0v) is 11.8. The van der Waals surface area contributed by atoms with Crippen LogP contribution in [0.15, 0.2) is 23.6 Å². The summed E-state index contributed by atoms with van der Waals surface area (Å²) < 4.78 is 34.0. The lowest BCUT2D eigenvalue weighted by atomic mass is 10.2. The average Bonchev–Trinajstić information content (AvgIpc) is 2.82. The zero-order chi connectivity index (χ0) is 14.5. The molecule has 2 aromatic rings. The van der Waals surface area contributed by atoms with Gasteiger partial charge in [-0.1, -0.05) is 0 Å². The van der Waals surface area contributed by atoms with Crippen molar-refractivity contribution < 1.29 is 18.3 Å². The Morgan fingerprint density at radius 2 is 2.15 bits per heavy atom. The number of anilines is 1. The number of aryl methyl sites for hydroxylation is 1. The van der Waals surface area contributed by atoms with E-state index in [-0.39, 0.29) is 11.5 Å². The van der Waals surface area contributed by atoms with E-state index in [1.165, 1.54) is 13.2 Å². The number of thiazole rings is 1. The Balaban J connectivity index is 2.07. The fourth-order valence-corrected chi connectivity index (χ4v) is 2.35. The SMILES string of the molecule is COc1ccc(NCc2nc(C)cs2)cc1OC(F)F. The number of nitrogens with one attached hydrogen (secondary N) is 1. The molecule has 0 fully saturated rings. The number of hydrogen-bond donors (Lipinski definition) is 1. The Bertz CT molecular complexity index is 575. The van der Waals surface area contributed by atoms with E-state index in [1.54, 1.807) is 23.5 Å². The van der Waals surface area contributed by atoms with Crippen molar-refractivity contribution in [3.8, 4) is 11.5 Å². The van der Waals surface area contributed by atoms with Crippen LogP contribution in [0.4, 0.5) is 14.5 Å². The van der Waals surface area contributed by atoms with Gasteiger partial charge in [-0.25, -0.2) is 4.98 Å². The van der Waals surface area contributed by atoms with Crippen LogP contribution in [-0.4, -0.2) is 18.7 Å². The van der Waals surface area contributed by atoms with Crippen molar-refractivity contribution in [3.63, 3.8) is 0 Å². The van der Waals surface area contributed by atoms with Crippen LogP contribution in [0.25, 0.3) is 0 Å². The van der Waals surface area contributed by atoms with Crippen molar-refractivity contribution in [2.24, 2.45) is 0 Å². The quantitative estimate of drug-likeness (QED) is 0.884. The smallest absolute Gasteiger partial charge is 0.387 e. The van der Waals surface area contributed by atoms with Crippen LogP contribution >= 0.6 is 11.3 Å². The Hall–Kier alpha value is -1.89. The van der Waals surface area contributed by atoms with E-state index >= 15 is 0 Å². The molecule has 0 radical (unpaired) electrons. The fourth-order valence-electron chi connectivity index (χ4n) is 1.64. The molecule has 1 aromatic carbocycles. The van der Waals surface area contributed by atoms with Gasteiger partial charge in [0, 0.05) is 22.8 Å². The molecule has 0 saturated carbocycles. The van der Waals surface area contributed by atoms with Gasteiger partial charge >= 0.3 is 6.61 Å². The number of hydrogen-bond acceptors (Lipinski definition) is 5. The molecule has 0 amide bonds. The summed E-state index contributed by atoms with van der Waals surface area (Å²) in [6, 6.07) is 4.79. The highest BCUT2D eigenvalue weighted by Crippen LogP contribution is 2.31. The summed E-state index contributed by atoms with van der Waals surface area (Å²) in [5.41, 5.74) is 1.62. The number of halogens is 2. The molecule has 0 bridgehead atoms. The lowest BCUT2D eigenvalue weighted by Crippen LogP contribution is -2.05. The normalized spacial score (nSPS) is 10.7. The minimum atomic E-state index is -2.89. The number of methoxy groups -OCH3 is 1. The molecule has 1 N–H and O–H groups in total. The van der Waals surface area contributed by atoms with Gasteiger partial charge in [0.15, 0.2) is 11.5 Å². The number of rotatable bonds is 6. The second-order valence-electron chi connectivity index (χ2n) is 3.98. The first kappa shape index (κ1) is 14.5. The van der Waals surface area contributed by atoms with E-state index in [4.69, 9.17) is 4.74 Å². The van der Waals surface area contributed by atoms with Crippen LogP contribution in [0.2, 0.25) is 0 Å². The molecule has 1 heterocycles. The molecule has 0 aliphatic carbocycles. The Kier molecular flexibility index (Phi) is 4.73. The molecule has 4 nitrogen and oxygen atoms in total. The summed E-state index contributed by atoms with van der Waals surface area (Å²) in [5.74, 6) is 0.267. The summed E-state index contributed by atoms with van der Waals surface area (Å²) >= 11 is 1.54. The minimum Gasteiger partial charge on any atom is -0.493 e. The third kappa shape index (κ3) is 3.80. The Morgan fingerprint density at radius 1 is 1.35 bits per heavy atom. The average molecular weight is 300 g/mol. The first-order chi connectivity index (χ1) is 9.58. The number of alkyl halides is 2. The number of benzene rings is 1. The molecular weight excluding hydrogens is 286 g/mol. The van der Waals surface area contributed by atoms with Gasteiger partial charge in [0.25, 0.3) is 0 Å². The minimum absolute atomic E-state index is 0.00261. The Labute approximate surface area is 119 Å². The van der Waals surface area contributed by atoms with Crippen LogP contribution in [0.3, 0.4) is 0 Å². The van der Waals surface area contributed by atoms with Gasteiger partial charge in [0.1, 0.15) is 5.01 Å². The van der Waals surface area contributed by atoms with E-state index in [2.05, 4.69) is 15.0 Å². The second-order valence-corrected chi connectivity index (χ2v) is 4.92. The summed E-state index contributed by atoms with van der Waals surface area (Å²) in [4.78, 5) is 4.31. The molecule has 108 valence electrons. The van der Waals surface area contributed by atoms with Crippen LogP contribution in [-0.2, 0) is 6.54 Å². The van der Waals surface area contributed by atoms with Crippen molar-refractivity contribution in [3.05, 3.63) is 34.3 Å². The number of nitrogens with zero attached hydrogens (tertiary/aromatic N) is 1. The van der Waals surface area contributed by atoms with E-state index in [9.17, 15) is 8.78 Å². The summed E-state index contributed by atoms with van der Waals surface area (Å²) in [7, 11) is 1.40. The molecule has 7 heteroatoms. The zero-order valence-electron chi connectivity index (χ0n) is 11.0. The van der Waals surface area contributed by atoms with E-state index in [1.807, 2.05) is 12.3 Å². The largest absolute Gasteiger partial charge is 0.493 e. The van der Waals surface area contributed by atoms with Gasteiger partial charge in [-0.15, -0.1) is 11.3 Å². The summed E-state index contributed by atoms with van der Waals surface area (Å²) in [6.45, 7) is -0.443. The standard InChI is InChI=1S/C13H14F2N2O2S/c1-8-7-20-12(17-8)6-16-9-3-4-10(18-2)11(5-9)19-13(14)15/h3-5,7,13,16H,6H2,1-2H3. The molecular formula is C13H14F2N2O2S. The predicted molar refractivity (Wildman–Crippen MR) is 73.8 cm³/mol. The maximum atomic E-state index is 12.3. The van der Waals surface area contributed by atoms with Crippen LogP contribution in [0, 0.1) is 6.92 Å². The molecule has 0 unspecified atom stereocenters. The highest BCUT2D eigenvalue weighted by Gasteiger charge is 2.11. The molecule has 1 aromatic heterocycles. The van der Waals surface area contributed by atoms with Gasteiger partial charge < -0.3 is 14.8 Å². The van der Waals surface area contributed by atoms with E-state index in [0.717, 1.165) is 10.7 Å². The van der Waals surface area contributed by atoms with Gasteiger partial charge in [0.2, 0.25) is 0 Å². The molecule has 0 aliphatic rings. The summed E-state index contributed by atoms with van der Waals surface area (Å²) in [5, 5.41) is 5.99.